The van der Waals surface area contributed by atoms with Crippen molar-refractivity contribution >= 4 is 11.8 Å². The van der Waals surface area contributed by atoms with Gasteiger partial charge in [0.15, 0.2) is 5.72 Å². The topological polar surface area (TPSA) is 80.6 Å². The molecule has 3 atom stereocenters. The van der Waals surface area contributed by atoms with E-state index in [0.717, 1.165) is 6.42 Å². The lowest BCUT2D eigenvalue weighted by Crippen LogP contribution is -2.51. The Bertz CT molecular complexity index is 661. The van der Waals surface area contributed by atoms with Gasteiger partial charge in [-0.3, -0.25) is 14.3 Å². The second-order valence-corrected chi connectivity index (χ2v) is 7.55. The minimum absolute atomic E-state index is 0.105. The summed E-state index contributed by atoms with van der Waals surface area (Å²) in [6, 6.07) is -0.0116. The number of ether oxygens (including phenoxy) is 1. The van der Waals surface area contributed by atoms with Crippen LogP contribution in [0, 0.1) is 5.92 Å². The van der Waals surface area contributed by atoms with Gasteiger partial charge in [0.1, 0.15) is 12.7 Å². The molecule has 1 aromatic rings. The first-order valence-electron chi connectivity index (χ1n) is 9.11. The molecule has 4 rings (SSSR count). The molecule has 3 aliphatic rings. The summed E-state index contributed by atoms with van der Waals surface area (Å²) in [6.07, 6.45) is 5.42. The van der Waals surface area contributed by atoms with Gasteiger partial charge in [-0.1, -0.05) is 13.8 Å². The summed E-state index contributed by atoms with van der Waals surface area (Å²) in [5.41, 5.74) is -0.576. The highest BCUT2D eigenvalue weighted by molar-refractivity contribution is 5.85. The lowest BCUT2D eigenvalue weighted by atomic mass is 10.0. The fraction of sp³-hybridized carbons (Fsp3) is 0.765. The summed E-state index contributed by atoms with van der Waals surface area (Å²) in [4.78, 5) is 33.1. The summed E-state index contributed by atoms with van der Waals surface area (Å²) in [7, 11) is 0. The number of aromatic nitrogens is 3. The van der Waals surface area contributed by atoms with Gasteiger partial charge in [-0.2, -0.15) is 5.10 Å². The third-order valence-corrected chi connectivity index (χ3v) is 5.82. The Kier molecular flexibility index (Phi) is 4.02. The van der Waals surface area contributed by atoms with Crippen LogP contribution >= 0.6 is 0 Å². The molecule has 8 nitrogen and oxygen atoms in total. The molecule has 25 heavy (non-hydrogen) atoms. The smallest absolute Gasteiger partial charge is 0.227 e. The number of carbonyl (C=O) groups is 2. The molecule has 3 saturated heterocycles. The second kappa shape index (κ2) is 6.09. The molecule has 1 aromatic heterocycles. The molecule has 0 bridgehead atoms. The molecule has 4 heterocycles. The van der Waals surface area contributed by atoms with Crippen molar-refractivity contribution in [2.24, 2.45) is 5.92 Å². The average molecular weight is 347 g/mol. The molecule has 3 aliphatic heterocycles. The maximum absolute atomic E-state index is 12.7. The maximum Gasteiger partial charge on any atom is 0.227 e. The number of aryl methyl sites for hydroxylation is 1. The number of hydrogen-bond donors (Lipinski definition) is 0. The fourth-order valence-corrected chi connectivity index (χ4v) is 4.55. The maximum atomic E-state index is 12.7. The number of nitrogens with zero attached hydrogens (tertiary/aromatic N) is 5. The molecule has 0 aromatic carbocycles. The molecule has 0 radical (unpaired) electrons. The first-order valence-corrected chi connectivity index (χ1v) is 9.11. The SMILES string of the molecule is CC(C)[C@@H]1CO[C@@]23CCN(C(=O)CCCn4cncn4)[C@@H]2CC(=O)N13. The normalized spacial score (nSPS) is 31.1. The molecular weight excluding hydrogens is 322 g/mol. The van der Waals surface area contributed by atoms with Crippen molar-refractivity contribution in [1.29, 1.82) is 0 Å². The predicted molar refractivity (Wildman–Crippen MR) is 88.1 cm³/mol. The Morgan fingerprint density at radius 2 is 2.32 bits per heavy atom. The van der Waals surface area contributed by atoms with Crippen LogP contribution in [0.5, 0.6) is 0 Å². The Labute approximate surface area is 147 Å². The zero-order chi connectivity index (χ0) is 17.6. The number of amides is 2. The molecule has 3 fully saturated rings. The monoisotopic (exact) mass is 347 g/mol. The molecular formula is C17H25N5O3. The molecule has 0 unspecified atom stereocenters. The van der Waals surface area contributed by atoms with E-state index < -0.39 is 5.72 Å². The molecule has 136 valence electrons. The van der Waals surface area contributed by atoms with Gasteiger partial charge < -0.3 is 14.5 Å². The Hall–Kier alpha value is -1.96. The van der Waals surface area contributed by atoms with Crippen molar-refractivity contribution in [3.05, 3.63) is 12.7 Å². The van der Waals surface area contributed by atoms with E-state index in [1.165, 1.54) is 6.33 Å². The summed E-state index contributed by atoms with van der Waals surface area (Å²) < 4.78 is 7.89. The Morgan fingerprint density at radius 3 is 3.04 bits per heavy atom. The van der Waals surface area contributed by atoms with Gasteiger partial charge in [0.25, 0.3) is 0 Å². The third-order valence-electron chi connectivity index (χ3n) is 5.82. The summed E-state index contributed by atoms with van der Waals surface area (Å²) in [5, 5.41) is 4.05. The van der Waals surface area contributed by atoms with Gasteiger partial charge in [0.05, 0.1) is 25.1 Å². The Morgan fingerprint density at radius 1 is 1.48 bits per heavy atom. The predicted octanol–water partition coefficient (Wildman–Crippen LogP) is 0.643. The lowest BCUT2D eigenvalue weighted by Gasteiger charge is -2.34. The van der Waals surface area contributed by atoms with Gasteiger partial charge in [-0.15, -0.1) is 0 Å². The highest BCUT2D eigenvalue weighted by Gasteiger charge is 2.65. The second-order valence-electron chi connectivity index (χ2n) is 7.55. The van der Waals surface area contributed by atoms with Crippen molar-refractivity contribution in [1.82, 2.24) is 24.6 Å². The van der Waals surface area contributed by atoms with E-state index in [1.807, 2.05) is 9.80 Å². The Balaban J connectivity index is 1.42. The van der Waals surface area contributed by atoms with Gasteiger partial charge in [0.2, 0.25) is 11.8 Å². The molecule has 8 heteroatoms. The van der Waals surface area contributed by atoms with Gasteiger partial charge in [-0.05, 0) is 12.3 Å². The van der Waals surface area contributed by atoms with Crippen LogP contribution < -0.4 is 0 Å². The molecule has 1 spiro atoms. The van der Waals surface area contributed by atoms with Crippen molar-refractivity contribution in [3.63, 3.8) is 0 Å². The van der Waals surface area contributed by atoms with Gasteiger partial charge in [-0.25, -0.2) is 4.98 Å². The van der Waals surface area contributed by atoms with E-state index in [1.54, 1.807) is 11.0 Å². The van der Waals surface area contributed by atoms with Crippen LogP contribution in [0.2, 0.25) is 0 Å². The number of rotatable bonds is 5. The van der Waals surface area contributed by atoms with E-state index in [9.17, 15) is 9.59 Å². The van der Waals surface area contributed by atoms with Crippen molar-refractivity contribution in [2.45, 2.75) is 63.9 Å². The van der Waals surface area contributed by atoms with E-state index in [4.69, 9.17) is 4.74 Å². The molecule has 0 saturated carbocycles. The van der Waals surface area contributed by atoms with Crippen LogP contribution in [-0.2, 0) is 20.9 Å². The largest absolute Gasteiger partial charge is 0.351 e. The lowest BCUT2D eigenvalue weighted by molar-refractivity contribution is -0.141. The number of carbonyl (C=O) groups excluding carboxylic acids is 2. The molecule has 2 amide bonds. The van der Waals surface area contributed by atoms with Crippen LogP contribution in [-0.4, -0.2) is 67.3 Å². The summed E-state index contributed by atoms with van der Waals surface area (Å²) in [5.74, 6) is 0.587. The summed E-state index contributed by atoms with van der Waals surface area (Å²) in [6.45, 7) is 6.16. The van der Waals surface area contributed by atoms with Crippen LogP contribution in [0.4, 0.5) is 0 Å². The quantitative estimate of drug-likeness (QED) is 0.781. The zero-order valence-corrected chi connectivity index (χ0v) is 14.8. The van der Waals surface area contributed by atoms with Crippen molar-refractivity contribution in [2.75, 3.05) is 13.2 Å². The van der Waals surface area contributed by atoms with Crippen LogP contribution in [0.25, 0.3) is 0 Å². The van der Waals surface area contributed by atoms with Crippen LogP contribution in [0.3, 0.4) is 0 Å². The van der Waals surface area contributed by atoms with Gasteiger partial charge in [0, 0.05) is 25.9 Å². The highest BCUT2D eigenvalue weighted by atomic mass is 16.5. The first kappa shape index (κ1) is 16.5. The number of likely N-dealkylation sites (tertiary alicyclic amines) is 1. The van der Waals surface area contributed by atoms with Crippen molar-refractivity contribution < 1.29 is 14.3 Å². The standard InChI is InChI=1S/C17H25N5O3/c1-12(2)13-9-25-17-5-7-21(14(17)8-16(24)22(13)17)15(23)4-3-6-20-11-18-10-19-20/h10-14H,3-9H2,1-2H3/t13-,14+,17-/m0/s1. The molecule has 0 N–H and O–H groups in total. The van der Waals surface area contributed by atoms with E-state index in [-0.39, 0.29) is 23.9 Å². The van der Waals surface area contributed by atoms with Gasteiger partial charge >= 0.3 is 0 Å². The zero-order valence-electron chi connectivity index (χ0n) is 14.8. The third kappa shape index (κ3) is 2.54. The first-order chi connectivity index (χ1) is 12.0. The van der Waals surface area contributed by atoms with Crippen LogP contribution in [0.1, 0.15) is 39.5 Å². The van der Waals surface area contributed by atoms with E-state index in [2.05, 4.69) is 23.9 Å². The van der Waals surface area contributed by atoms with E-state index in [0.29, 0.717) is 44.9 Å². The van der Waals surface area contributed by atoms with Crippen molar-refractivity contribution in [3.8, 4) is 0 Å². The minimum atomic E-state index is -0.576. The minimum Gasteiger partial charge on any atom is -0.351 e. The number of hydrogen-bond acceptors (Lipinski definition) is 5. The fourth-order valence-electron chi connectivity index (χ4n) is 4.55. The van der Waals surface area contributed by atoms with Crippen LogP contribution in [0.15, 0.2) is 12.7 Å². The van der Waals surface area contributed by atoms with E-state index >= 15 is 0 Å². The highest BCUT2D eigenvalue weighted by Crippen LogP contribution is 2.48. The average Bonchev–Trinajstić information content (AvgIpc) is 3.30. The summed E-state index contributed by atoms with van der Waals surface area (Å²) >= 11 is 0. The molecule has 0 aliphatic carbocycles.